The average Bonchev–Trinajstić information content (AvgIpc) is 3.00. The fraction of sp³-hybridized carbons (Fsp3) is 0.531. The second-order valence-corrected chi connectivity index (χ2v) is 11.3. The van der Waals surface area contributed by atoms with E-state index < -0.39 is 6.17 Å². The monoisotopic (exact) mass is 579 g/mol. The Balaban J connectivity index is 1.19. The van der Waals surface area contributed by atoms with Crippen molar-refractivity contribution in [3.05, 3.63) is 48.3 Å². The van der Waals surface area contributed by atoms with Gasteiger partial charge in [-0.1, -0.05) is 18.6 Å². The molecule has 226 valence electrons. The van der Waals surface area contributed by atoms with Crippen molar-refractivity contribution in [2.24, 2.45) is 0 Å². The maximum Gasteiger partial charge on any atom is 0.227 e. The number of ether oxygens (including phenoxy) is 3. The van der Waals surface area contributed by atoms with E-state index in [-0.39, 0.29) is 18.6 Å². The highest BCUT2D eigenvalue weighted by Crippen LogP contribution is 2.35. The van der Waals surface area contributed by atoms with Crippen LogP contribution in [0.1, 0.15) is 38.7 Å². The van der Waals surface area contributed by atoms with Crippen LogP contribution in [0.3, 0.4) is 0 Å². The topological polar surface area (TPSA) is 80.3 Å². The fourth-order valence-corrected chi connectivity index (χ4v) is 5.64. The summed E-state index contributed by atoms with van der Waals surface area (Å²) in [5.41, 5.74) is 1.67. The van der Waals surface area contributed by atoms with Crippen molar-refractivity contribution >= 4 is 22.6 Å². The van der Waals surface area contributed by atoms with Gasteiger partial charge in [-0.05, 0) is 63.5 Å². The van der Waals surface area contributed by atoms with E-state index in [4.69, 9.17) is 14.2 Å². The van der Waals surface area contributed by atoms with Crippen LogP contribution in [0.15, 0.2) is 42.7 Å². The molecule has 0 bridgehead atoms. The van der Waals surface area contributed by atoms with Crippen LogP contribution in [0.25, 0.3) is 10.9 Å². The molecule has 2 saturated heterocycles. The van der Waals surface area contributed by atoms with Gasteiger partial charge >= 0.3 is 0 Å². The minimum atomic E-state index is -1.08. The van der Waals surface area contributed by atoms with Gasteiger partial charge in [0.1, 0.15) is 30.7 Å². The minimum Gasteiger partial charge on any atom is -0.493 e. The summed E-state index contributed by atoms with van der Waals surface area (Å²) in [5.74, 6) is 2.68. The Morgan fingerprint density at radius 2 is 1.69 bits per heavy atom. The highest BCUT2D eigenvalue weighted by Gasteiger charge is 2.24. The number of likely N-dealkylation sites (tertiary alicyclic amines) is 1. The molecule has 0 N–H and O–H groups in total. The number of amides is 1. The quantitative estimate of drug-likeness (QED) is 0.328. The van der Waals surface area contributed by atoms with Crippen molar-refractivity contribution in [1.29, 1.82) is 0 Å². The van der Waals surface area contributed by atoms with Crippen LogP contribution in [0, 0.1) is 0 Å². The van der Waals surface area contributed by atoms with Crippen molar-refractivity contribution in [3.8, 4) is 17.2 Å². The molecule has 1 aromatic heterocycles. The summed E-state index contributed by atoms with van der Waals surface area (Å²) < 4.78 is 31.9. The number of alkyl halides is 1. The zero-order valence-electron chi connectivity index (χ0n) is 24.9. The molecule has 2 fully saturated rings. The van der Waals surface area contributed by atoms with E-state index in [0.29, 0.717) is 56.2 Å². The Hall–Kier alpha value is -3.66. The van der Waals surface area contributed by atoms with E-state index in [2.05, 4.69) is 19.8 Å². The Bertz CT molecular complexity index is 1320. The lowest BCUT2D eigenvalue weighted by Gasteiger charge is -2.36. The predicted molar refractivity (Wildman–Crippen MR) is 161 cm³/mol. The second-order valence-electron chi connectivity index (χ2n) is 11.3. The number of hydrogen-bond acceptors (Lipinski definition) is 8. The largest absolute Gasteiger partial charge is 0.493 e. The Morgan fingerprint density at radius 3 is 2.38 bits per heavy atom. The lowest BCUT2D eigenvalue weighted by Crippen LogP contribution is -2.49. The third-order valence-corrected chi connectivity index (χ3v) is 7.81. The molecule has 0 spiro atoms. The van der Waals surface area contributed by atoms with Gasteiger partial charge in [0.05, 0.1) is 25.2 Å². The molecular formula is C32H42FN5O4. The number of anilines is 1. The number of hydrogen-bond donors (Lipinski definition) is 0. The maximum atomic E-state index is 14.7. The number of fused-ring (bicyclic) bond motifs is 1. The number of carbonyl (C=O) groups excluding carboxylic acids is 1. The average molecular weight is 580 g/mol. The van der Waals surface area contributed by atoms with Crippen LogP contribution in [-0.2, 0) is 11.2 Å². The van der Waals surface area contributed by atoms with Crippen LogP contribution < -0.4 is 19.1 Å². The molecule has 10 heteroatoms. The lowest BCUT2D eigenvalue weighted by molar-refractivity contribution is -0.130. The molecule has 5 rings (SSSR count). The number of benzene rings is 2. The van der Waals surface area contributed by atoms with Gasteiger partial charge in [0.2, 0.25) is 5.91 Å². The summed E-state index contributed by atoms with van der Waals surface area (Å²) in [6.07, 6.45) is 4.40. The second kappa shape index (κ2) is 14.0. The Morgan fingerprint density at radius 1 is 0.952 bits per heavy atom. The van der Waals surface area contributed by atoms with Gasteiger partial charge in [-0.3, -0.25) is 4.79 Å². The number of piperidine rings is 1. The van der Waals surface area contributed by atoms with Crippen LogP contribution >= 0.6 is 0 Å². The SMILES string of the molecule is COc1cc2c(N3CCN(C(=O)Cc4ccc(OC(C)C)cc4)CC3)ncnc2cc1OCC(F)CN1CCCCC1. The van der Waals surface area contributed by atoms with Crippen molar-refractivity contribution in [1.82, 2.24) is 19.8 Å². The number of halogens is 1. The normalized spacial score (nSPS) is 17.0. The molecule has 2 aromatic carbocycles. The van der Waals surface area contributed by atoms with Crippen molar-refractivity contribution < 1.29 is 23.4 Å². The first-order valence-corrected chi connectivity index (χ1v) is 15.0. The molecule has 3 heterocycles. The summed E-state index contributed by atoms with van der Waals surface area (Å²) in [4.78, 5) is 28.3. The minimum absolute atomic E-state index is 0.0395. The van der Waals surface area contributed by atoms with Crippen molar-refractivity contribution in [2.75, 3.05) is 64.4 Å². The van der Waals surface area contributed by atoms with Gasteiger partial charge in [0, 0.05) is 44.2 Å². The molecule has 1 atom stereocenters. The molecule has 0 radical (unpaired) electrons. The smallest absolute Gasteiger partial charge is 0.227 e. The van der Waals surface area contributed by atoms with Crippen LogP contribution in [-0.4, -0.2) is 97.5 Å². The zero-order chi connectivity index (χ0) is 29.5. The van der Waals surface area contributed by atoms with Gasteiger partial charge < -0.3 is 28.9 Å². The number of carbonyl (C=O) groups is 1. The highest BCUT2D eigenvalue weighted by molar-refractivity contribution is 5.92. The summed E-state index contributed by atoms with van der Waals surface area (Å²) in [6.45, 7) is 8.73. The van der Waals surface area contributed by atoms with Gasteiger partial charge in [-0.2, -0.15) is 0 Å². The molecule has 1 unspecified atom stereocenters. The molecule has 9 nitrogen and oxygen atoms in total. The zero-order valence-corrected chi connectivity index (χ0v) is 24.9. The number of rotatable bonds is 11. The standard InChI is InChI=1S/C32H42FN5O4/c1-23(2)42-26-9-7-24(8-10-26)17-31(39)37-13-15-38(16-14-37)32-27-18-29(40-3)30(19-28(27)34-22-35-32)41-21-25(33)20-36-11-5-4-6-12-36/h7-10,18-19,22-23,25H,4-6,11-17,20-21H2,1-3H3. The van der Waals surface area contributed by atoms with E-state index in [9.17, 15) is 9.18 Å². The maximum absolute atomic E-state index is 14.7. The lowest BCUT2D eigenvalue weighted by atomic mass is 10.1. The number of piperazine rings is 1. The Kier molecular flexibility index (Phi) is 9.94. The van der Waals surface area contributed by atoms with Crippen LogP contribution in [0.4, 0.5) is 10.2 Å². The van der Waals surface area contributed by atoms with Gasteiger partial charge in [-0.15, -0.1) is 0 Å². The van der Waals surface area contributed by atoms with E-state index in [1.165, 1.54) is 12.7 Å². The van der Waals surface area contributed by atoms with Gasteiger partial charge in [0.15, 0.2) is 11.5 Å². The van der Waals surface area contributed by atoms with Crippen molar-refractivity contribution in [2.45, 2.75) is 51.8 Å². The first-order valence-electron chi connectivity index (χ1n) is 15.0. The molecule has 0 aliphatic carbocycles. The molecule has 42 heavy (non-hydrogen) atoms. The van der Waals surface area contributed by atoms with E-state index in [0.717, 1.165) is 48.4 Å². The molecule has 1 amide bonds. The number of nitrogens with zero attached hydrogens (tertiary/aromatic N) is 5. The predicted octanol–water partition coefficient (Wildman–Crippen LogP) is 4.52. The summed E-state index contributed by atoms with van der Waals surface area (Å²) >= 11 is 0. The van der Waals surface area contributed by atoms with Gasteiger partial charge in [0.25, 0.3) is 0 Å². The van der Waals surface area contributed by atoms with Crippen LogP contribution in [0.5, 0.6) is 17.2 Å². The molecule has 3 aromatic rings. The summed E-state index contributed by atoms with van der Waals surface area (Å²) in [7, 11) is 1.58. The Labute approximate surface area is 247 Å². The first kappa shape index (κ1) is 29.8. The molecule has 2 aliphatic rings. The van der Waals surface area contributed by atoms with E-state index in [1.54, 1.807) is 13.2 Å². The highest BCUT2D eigenvalue weighted by atomic mass is 19.1. The van der Waals surface area contributed by atoms with Gasteiger partial charge in [-0.25, -0.2) is 14.4 Å². The summed E-state index contributed by atoms with van der Waals surface area (Å²) in [5, 5.41) is 0.829. The fourth-order valence-electron chi connectivity index (χ4n) is 5.64. The summed E-state index contributed by atoms with van der Waals surface area (Å²) in [6, 6.07) is 11.4. The van der Waals surface area contributed by atoms with Crippen molar-refractivity contribution in [3.63, 3.8) is 0 Å². The number of methoxy groups -OCH3 is 1. The van der Waals surface area contributed by atoms with Crippen LogP contribution in [0.2, 0.25) is 0 Å². The molecule has 0 saturated carbocycles. The molecular weight excluding hydrogens is 537 g/mol. The van der Waals surface area contributed by atoms with E-state index >= 15 is 0 Å². The third kappa shape index (κ3) is 7.59. The van der Waals surface area contributed by atoms with E-state index in [1.807, 2.05) is 49.1 Å². The molecule has 2 aliphatic heterocycles. The first-order chi connectivity index (χ1) is 20.4. The third-order valence-electron chi connectivity index (χ3n) is 7.81. The number of aromatic nitrogens is 2.